The molecule has 0 saturated carbocycles. The zero-order chi connectivity index (χ0) is 17.5. The number of carbonyl (C=O) groups is 1. The van der Waals surface area contributed by atoms with Crippen molar-refractivity contribution < 1.29 is 9.53 Å². The molecule has 1 fully saturated rings. The molecule has 1 heterocycles. The molecule has 1 N–H and O–H groups in total. The Labute approximate surface area is 148 Å². The topological polar surface area (TPSA) is 65.4 Å². The third kappa shape index (κ3) is 5.52. The fourth-order valence-corrected chi connectivity index (χ4v) is 3.62. The van der Waals surface area contributed by atoms with Gasteiger partial charge in [0, 0.05) is 29.2 Å². The maximum atomic E-state index is 12.4. The summed E-state index contributed by atoms with van der Waals surface area (Å²) in [6, 6.07) is 10.2. The molecule has 0 spiro atoms. The molecule has 130 valence electrons. The number of amides is 1. The normalized spacial score (nSPS) is 22.6. The summed E-state index contributed by atoms with van der Waals surface area (Å²) < 4.78 is 5.60. The third-order valence-electron chi connectivity index (χ3n) is 3.95. The first kappa shape index (κ1) is 18.8. The number of carbonyl (C=O) groups excluding carboxylic acids is 1. The van der Waals surface area contributed by atoms with Crippen molar-refractivity contribution in [1.29, 1.82) is 5.26 Å². The smallest absolute Gasteiger partial charge is 0.238 e. The Bertz CT molecular complexity index is 602. The van der Waals surface area contributed by atoms with E-state index < -0.39 is 0 Å². The molecule has 1 aliphatic heterocycles. The van der Waals surface area contributed by atoms with E-state index in [9.17, 15) is 4.79 Å². The van der Waals surface area contributed by atoms with Crippen LogP contribution in [0.15, 0.2) is 29.2 Å². The second-order valence-electron chi connectivity index (χ2n) is 6.26. The van der Waals surface area contributed by atoms with Crippen LogP contribution in [-0.2, 0) is 9.53 Å². The molecular formula is C18H25N3O2S. The molecule has 0 unspecified atom stereocenters. The fourth-order valence-electron chi connectivity index (χ4n) is 2.63. The van der Waals surface area contributed by atoms with Crippen LogP contribution in [0.5, 0.6) is 0 Å². The van der Waals surface area contributed by atoms with Crippen molar-refractivity contribution in [1.82, 2.24) is 4.90 Å². The average Bonchev–Trinajstić information content (AvgIpc) is 2.53. The fraction of sp³-hybridized carbons (Fsp3) is 0.556. The minimum atomic E-state index is -0.0167. The number of rotatable bonds is 6. The van der Waals surface area contributed by atoms with Crippen molar-refractivity contribution in [2.24, 2.45) is 0 Å². The summed E-state index contributed by atoms with van der Waals surface area (Å²) in [5, 5.41) is 12.0. The number of hydrogen-bond donors (Lipinski definition) is 1. The van der Waals surface area contributed by atoms with Crippen molar-refractivity contribution in [2.75, 3.05) is 25.0 Å². The summed E-state index contributed by atoms with van der Waals surface area (Å²) in [6.07, 6.45) is 0.638. The number of hydrogen-bond acceptors (Lipinski definition) is 5. The van der Waals surface area contributed by atoms with Crippen LogP contribution >= 0.6 is 11.8 Å². The highest BCUT2D eigenvalue weighted by Crippen LogP contribution is 2.31. The molecule has 24 heavy (non-hydrogen) atoms. The van der Waals surface area contributed by atoms with E-state index in [2.05, 4.69) is 23.2 Å². The summed E-state index contributed by atoms with van der Waals surface area (Å²) in [5.74, 6) is -0.0167. The van der Waals surface area contributed by atoms with Crippen LogP contribution in [0.25, 0.3) is 0 Å². The van der Waals surface area contributed by atoms with Crippen molar-refractivity contribution in [2.45, 2.75) is 49.5 Å². The van der Waals surface area contributed by atoms with E-state index in [0.717, 1.165) is 17.1 Å². The number of benzene rings is 1. The lowest BCUT2D eigenvalue weighted by Gasteiger charge is -2.36. The molecular weight excluding hydrogens is 322 g/mol. The standard InChI is InChI=1S/C18H25N3O2S/c1-13-12-23-14(2)10-21(13)11-18(22)20-16-6-4-5-7-17(16)24-15(3)8-9-19/h4-7,13-15H,8,10-12H2,1-3H3,(H,20,22)/t13-,14-,15+/m1/s1. The van der Waals surface area contributed by atoms with E-state index in [1.807, 2.05) is 38.1 Å². The second-order valence-corrected chi connectivity index (χ2v) is 7.74. The van der Waals surface area contributed by atoms with Gasteiger partial charge in [-0.15, -0.1) is 11.8 Å². The van der Waals surface area contributed by atoms with Gasteiger partial charge in [-0.3, -0.25) is 9.69 Å². The summed E-state index contributed by atoms with van der Waals surface area (Å²) in [7, 11) is 0. The molecule has 1 amide bonds. The van der Waals surface area contributed by atoms with Gasteiger partial charge in [0.15, 0.2) is 0 Å². The maximum Gasteiger partial charge on any atom is 0.238 e. The SMILES string of the molecule is C[C@@H]1CN(CC(=O)Nc2ccccc2S[C@@H](C)CC#N)[C@H](C)CO1. The monoisotopic (exact) mass is 347 g/mol. The molecule has 1 saturated heterocycles. The van der Waals surface area contributed by atoms with Crippen LogP contribution < -0.4 is 5.32 Å². The van der Waals surface area contributed by atoms with E-state index in [1.165, 1.54) is 0 Å². The number of nitriles is 1. The highest BCUT2D eigenvalue weighted by atomic mass is 32.2. The van der Waals surface area contributed by atoms with Crippen LogP contribution in [0.2, 0.25) is 0 Å². The lowest BCUT2D eigenvalue weighted by atomic mass is 10.2. The molecule has 1 aliphatic rings. The van der Waals surface area contributed by atoms with Gasteiger partial charge >= 0.3 is 0 Å². The van der Waals surface area contributed by atoms with Gasteiger partial charge in [-0.2, -0.15) is 5.26 Å². The molecule has 3 atom stereocenters. The van der Waals surface area contributed by atoms with Gasteiger partial charge in [0.1, 0.15) is 0 Å². The average molecular weight is 347 g/mol. The van der Waals surface area contributed by atoms with Gasteiger partial charge in [0.2, 0.25) is 5.91 Å². The van der Waals surface area contributed by atoms with E-state index >= 15 is 0 Å². The van der Waals surface area contributed by atoms with Crippen LogP contribution in [0.3, 0.4) is 0 Å². The Morgan fingerprint density at radius 2 is 2.25 bits per heavy atom. The maximum absolute atomic E-state index is 12.4. The van der Waals surface area contributed by atoms with Crippen LogP contribution in [-0.4, -0.2) is 47.9 Å². The Morgan fingerprint density at radius 1 is 1.50 bits per heavy atom. The Hall–Kier alpha value is -1.55. The van der Waals surface area contributed by atoms with Gasteiger partial charge < -0.3 is 10.1 Å². The lowest BCUT2D eigenvalue weighted by molar-refractivity contribution is -0.121. The molecule has 6 heteroatoms. The molecule has 0 radical (unpaired) electrons. The van der Waals surface area contributed by atoms with E-state index in [4.69, 9.17) is 10.00 Å². The van der Waals surface area contributed by atoms with Crippen LogP contribution in [0.1, 0.15) is 27.2 Å². The van der Waals surface area contributed by atoms with Crippen LogP contribution in [0.4, 0.5) is 5.69 Å². The highest BCUT2D eigenvalue weighted by Gasteiger charge is 2.25. The quantitative estimate of drug-likeness (QED) is 0.801. The zero-order valence-electron chi connectivity index (χ0n) is 14.5. The summed E-state index contributed by atoms with van der Waals surface area (Å²) in [5.41, 5.74) is 0.811. The molecule has 2 rings (SSSR count). The predicted molar refractivity (Wildman–Crippen MR) is 97.1 cm³/mol. The van der Waals surface area contributed by atoms with Crippen molar-refractivity contribution >= 4 is 23.4 Å². The number of anilines is 1. The van der Waals surface area contributed by atoms with Gasteiger partial charge in [0.25, 0.3) is 0 Å². The Kier molecular flexibility index (Phi) is 7.10. The van der Waals surface area contributed by atoms with E-state index in [-0.39, 0.29) is 23.3 Å². The van der Waals surface area contributed by atoms with Crippen LogP contribution in [0, 0.1) is 11.3 Å². The summed E-state index contributed by atoms with van der Waals surface area (Å²) in [4.78, 5) is 15.6. The van der Waals surface area contributed by atoms with Gasteiger partial charge in [0.05, 0.1) is 31.0 Å². The molecule has 5 nitrogen and oxygen atoms in total. The van der Waals surface area contributed by atoms with Crippen molar-refractivity contribution in [3.63, 3.8) is 0 Å². The van der Waals surface area contributed by atoms with E-state index in [0.29, 0.717) is 19.6 Å². The molecule has 0 aliphatic carbocycles. The minimum Gasteiger partial charge on any atom is -0.376 e. The van der Waals surface area contributed by atoms with Gasteiger partial charge in [-0.25, -0.2) is 0 Å². The highest BCUT2D eigenvalue weighted by molar-refractivity contribution is 8.00. The number of nitrogens with one attached hydrogen (secondary N) is 1. The first-order valence-corrected chi connectivity index (χ1v) is 9.15. The Balaban J connectivity index is 1.97. The summed E-state index contributed by atoms with van der Waals surface area (Å²) in [6.45, 7) is 7.91. The second kappa shape index (κ2) is 9.07. The van der Waals surface area contributed by atoms with E-state index in [1.54, 1.807) is 11.8 Å². The number of thioether (sulfide) groups is 1. The molecule has 0 bridgehead atoms. The first-order valence-electron chi connectivity index (χ1n) is 8.27. The first-order chi connectivity index (χ1) is 11.5. The number of nitrogens with zero attached hydrogens (tertiary/aromatic N) is 2. The number of ether oxygens (including phenoxy) is 1. The number of morpholine rings is 1. The number of para-hydroxylation sites is 1. The van der Waals surface area contributed by atoms with Gasteiger partial charge in [-0.05, 0) is 26.0 Å². The molecule has 0 aromatic heterocycles. The lowest BCUT2D eigenvalue weighted by Crippen LogP contribution is -2.50. The van der Waals surface area contributed by atoms with Gasteiger partial charge in [-0.1, -0.05) is 19.1 Å². The largest absolute Gasteiger partial charge is 0.376 e. The minimum absolute atomic E-state index is 0.0167. The molecule has 1 aromatic rings. The van der Waals surface area contributed by atoms with Crippen molar-refractivity contribution in [3.05, 3.63) is 24.3 Å². The zero-order valence-corrected chi connectivity index (χ0v) is 15.3. The Morgan fingerprint density at radius 3 is 3.00 bits per heavy atom. The van der Waals surface area contributed by atoms with Crippen molar-refractivity contribution in [3.8, 4) is 6.07 Å². The predicted octanol–water partition coefficient (Wildman–Crippen LogP) is 3.13. The summed E-state index contributed by atoms with van der Waals surface area (Å²) >= 11 is 1.61. The molecule has 1 aromatic carbocycles. The third-order valence-corrected chi connectivity index (χ3v) is 5.13.